The van der Waals surface area contributed by atoms with Crippen molar-refractivity contribution in [3.05, 3.63) is 129 Å². The summed E-state index contributed by atoms with van der Waals surface area (Å²) in [4.78, 5) is 12.4. The zero-order chi connectivity index (χ0) is 29.6. The fourth-order valence-electron chi connectivity index (χ4n) is 4.51. The van der Waals surface area contributed by atoms with Gasteiger partial charge in [-0.25, -0.2) is 17.5 Å². The summed E-state index contributed by atoms with van der Waals surface area (Å²) in [5.41, 5.74) is 6.02. The van der Waals surface area contributed by atoms with Gasteiger partial charge in [0.15, 0.2) is 0 Å². The maximum atomic E-state index is 13.9. The zero-order valence-corrected chi connectivity index (χ0v) is 24.4. The van der Waals surface area contributed by atoms with E-state index >= 15 is 0 Å². The molecule has 4 rings (SSSR count). The number of hydrogen-bond donors (Lipinski definition) is 2. The maximum Gasteiger partial charge on any atom is 0.263 e. The van der Waals surface area contributed by atoms with Gasteiger partial charge in [-0.1, -0.05) is 67.1 Å². The monoisotopic (exact) mass is 589 g/mol. The highest BCUT2D eigenvalue weighted by Gasteiger charge is 2.18. The van der Waals surface area contributed by atoms with E-state index in [0.29, 0.717) is 17.0 Å². The molecule has 1 aromatic heterocycles. The van der Waals surface area contributed by atoms with Crippen molar-refractivity contribution in [1.29, 1.82) is 0 Å². The molecule has 0 aliphatic heterocycles. The lowest BCUT2D eigenvalue weighted by Gasteiger charge is -2.18. The van der Waals surface area contributed by atoms with E-state index in [0.717, 1.165) is 38.7 Å². The molecule has 4 aromatic rings. The molecule has 0 fully saturated rings. The highest BCUT2D eigenvalue weighted by molar-refractivity contribution is 7.94. The van der Waals surface area contributed by atoms with Gasteiger partial charge in [-0.05, 0) is 90.1 Å². The summed E-state index contributed by atoms with van der Waals surface area (Å²) in [6, 6.07) is 17.9. The molecule has 41 heavy (non-hydrogen) atoms. The van der Waals surface area contributed by atoms with Gasteiger partial charge in [0, 0.05) is 11.5 Å². The molecular weight excluding hydrogens is 561 g/mol. The van der Waals surface area contributed by atoms with Crippen molar-refractivity contribution in [1.82, 2.24) is 14.9 Å². The van der Waals surface area contributed by atoms with Crippen LogP contribution in [0.3, 0.4) is 0 Å². The van der Waals surface area contributed by atoms with Crippen LogP contribution in [-0.4, -0.2) is 24.5 Å². The molecule has 0 radical (unpaired) electrons. The minimum Gasteiger partial charge on any atom is -0.278 e. The third-order valence-electron chi connectivity index (χ3n) is 6.43. The number of hydrogen-bond acceptors (Lipinski definition) is 4. The van der Waals surface area contributed by atoms with E-state index in [-0.39, 0.29) is 4.91 Å². The van der Waals surface area contributed by atoms with E-state index in [1.165, 1.54) is 36.4 Å². The number of H-pyrrole nitrogens is 1. The van der Waals surface area contributed by atoms with Gasteiger partial charge in [-0.15, -0.1) is 0 Å². The summed E-state index contributed by atoms with van der Waals surface area (Å²) in [6.45, 7) is 5.30. The average molecular weight is 590 g/mol. The molecule has 1 amide bonds. The van der Waals surface area contributed by atoms with Crippen LogP contribution in [0.15, 0.2) is 96.1 Å². The first kappa shape index (κ1) is 29.7. The molecule has 0 saturated carbocycles. The van der Waals surface area contributed by atoms with Crippen molar-refractivity contribution >= 4 is 55.7 Å². The number of rotatable bonds is 9. The van der Waals surface area contributed by atoms with Crippen LogP contribution in [0.25, 0.3) is 28.1 Å². The number of nitrogens with one attached hydrogen (secondary N) is 2. The average Bonchev–Trinajstić information content (AvgIpc) is 3.42. The van der Waals surface area contributed by atoms with E-state index in [1.807, 2.05) is 54.1 Å². The molecule has 3 aromatic carbocycles. The first-order chi connectivity index (χ1) is 19.7. The smallest absolute Gasteiger partial charge is 0.263 e. The highest BCUT2D eigenvalue weighted by Crippen LogP contribution is 2.38. The highest BCUT2D eigenvalue weighted by atomic mass is 35.5. The van der Waals surface area contributed by atoms with E-state index in [4.69, 9.17) is 11.6 Å². The number of allylic oxidation sites excluding steroid dienone is 4. The number of carbonyl (C=O) groups excluding carboxylic acids is 1. The van der Waals surface area contributed by atoms with Gasteiger partial charge < -0.3 is 0 Å². The van der Waals surface area contributed by atoms with Gasteiger partial charge in [-0.2, -0.15) is 5.10 Å². The van der Waals surface area contributed by atoms with Crippen molar-refractivity contribution in [2.75, 3.05) is 0 Å². The fourth-order valence-corrected chi connectivity index (χ4v) is 5.87. The Labute approximate surface area is 244 Å². The molecule has 0 aliphatic rings. The number of aromatic nitrogens is 2. The van der Waals surface area contributed by atoms with E-state index < -0.39 is 21.7 Å². The number of fused-ring (bicyclic) bond motifs is 1. The Morgan fingerprint density at radius 3 is 2.41 bits per heavy atom. The number of halogens is 2. The molecule has 210 valence electrons. The summed E-state index contributed by atoms with van der Waals surface area (Å²) in [5.74, 6) is -1.17. The number of benzene rings is 3. The van der Waals surface area contributed by atoms with Crippen molar-refractivity contribution in [3.63, 3.8) is 0 Å². The maximum absolute atomic E-state index is 13.9. The van der Waals surface area contributed by atoms with Crippen molar-refractivity contribution in [2.24, 2.45) is 0 Å². The SMILES string of the molecule is C/C=C\C(=C/C)S(=O)(=O)NC(=O)/C=C/c1ccc(/C(=C(/CC)c2ccc(F)cc2Cl)c2ccc3[nH]ncc3c2)cc1. The number of carbonyl (C=O) groups is 1. The third-order valence-corrected chi connectivity index (χ3v) is 8.20. The van der Waals surface area contributed by atoms with Crippen LogP contribution in [0, 0.1) is 5.82 Å². The Bertz CT molecular complexity index is 1820. The molecule has 0 saturated heterocycles. The first-order valence-electron chi connectivity index (χ1n) is 12.9. The first-order valence-corrected chi connectivity index (χ1v) is 14.8. The summed E-state index contributed by atoms with van der Waals surface area (Å²) < 4.78 is 40.8. The minimum atomic E-state index is -3.97. The van der Waals surface area contributed by atoms with Crippen LogP contribution in [0.5, 0.6) is 0 Å². The van der Waals surface area contributed by atoms with Crippen LogP contribution in [0.4, 0.5) is 4.39 Å². The van der Waals surface area contributed by atoms with Crippen LogP contribution < -0.4 is 4.72 Å². The van der Waals surface area contributed by atoms with E-state index in [9.17, 15) is 17.6 Å². The summed E-state index contributed by atoms with van der Waals surface area (Å²) in [7, 11) is -3.97. The largest absolute Gasteiger partial charge is 0.278 e. The molecule has 0 bridgehead atoms. The van der Waals surface area contributed by atoms with Crippen molar-refractivity contribution < 1.29 is 17.6 Å². The molecule has 1 heterocycles. The topological polar surface area (TPSA) is 91.9 Å². The normalized spacial score (nSPS) is 13.2. The van der Waals surface area contributed by atoms with Crippen LogP contribution in [0.1, 0.15) is 49.4 Å². The third kappa shape index (κ3) is 6.90. The second-order valence-electron chi connectivity index (χ2n) is 9.12. The standard InChI is InChI=1S/C32H29ClFN3O3S/c1-4-7-26(5-2)41(39,40)37-31(38)17-10-21-8-11-22(12-9-21)32(23-13-16-30-24(18-23)20-35-36-30)27(6-3)28-15-14-25(34)19-29(28)33/h4-5,7-20H,6H2,1-3H3,(H,35,36)(H,37,38)/b7-4-,17-10+,26-5+,32-27+. The van der Waals surface area contributed by atoms with Crippen LogP contribution in [0.2, 0.25) is 5.02 Å². The number of sulfonamides is 1. The number of aromatic amines is 1. The Morgan fingerprint density at radius 1 is 1.02 bits per heavy atom. The minimum absolute atomic E-state index is 0.00649. The van der Waals surface area contributed by atoms with Gasteiger partial charge in [0.05, 0.1) is 21.6 Å². The molecule has 9 heteroatoms. The molecule has 0 aliphatic carbocycles. The van der Waals surface area contributed by atoms with Gasteiger partial charge in [0.1, 0.15) is 5.82 Å². The predicted octanol–water partition coefficient (Wildman–Crippen LogP) is 7.66. The molecule has 2 N–H and O–H groups in total. The number of nitrogens with zero attached hydrogens (tertiary/aromatic N) is 1. The summed E-state index contributed by atoms with van der Waals surface area (Å²) in [6.07, 6.45) is 9.51. The summed E-state index contributed by atoms with van der Waals surface area (Å²) >= 11 is 6.50. The summed E-state index contributed by atoms with van der Waals surface area (Å²) in [5, 5.41) is 8.35. The predicted molar refractivity (Wildman–Crippen MR) is 165 cm³/mol. The molecule has 6 nitrogen and oxygen atoms in total. The Morgan fingerprint density at radius 2 is 1.76 bits per heavy atom. The lowest BCUT2D eigenvalue weighted by Crippen LogP contribution is -2.29. The quantitative estimate of drug-likeness (QED) is 0.119. The lowest BCUT2D eigenvalue weighted by atomic mass is 9.87. The van der Waals surface area contributed by atoms with Crippen molar-refractivity contribution in [2.45, 2.75) is 27.2 Å². The van der Waals surface area contributed by atoms with Crippen LogP contribution in [-0.2, 0) is 14.8 Å². The van der Waals surface area contributed by atoms with Gasteiger partial charge in [-0.3, -0.25) is 9.89 Å². The Balaban J connectivity index is 1.71. The number of amides is 1. The van der Waals surface area contributed by atoms with Gasteiger partial charge in [0.2, 0.25) is 0 Å². The lowest BCUT2D eigenvalue weighted by molar-refractivity contribution is -0.114. The Kier molecular flexibility index (Phi) is 9.37. The van der Waals surface area contributed by atoms with E-state index in [1.54, 1.807) is 32.2 Å². The fraction of sp³-hybridized carbons (Fsp3) is 0.125. The molecule has 0 atom stereocenters. The van der Waals surface area contributed by atoms with Gasteiger partial charge in [0.25, 0.3) is 15.9 Å². The van der Waals surface area contributed by atoms with Crippen LogP contribution >= 0.6 is 11.6 Å². The zero-order valence-electron chi connectivity index (χ0n) is 22.8. The second-order valence-corrected chi connectivity index (χ2v) is 11.2. The van der Waals surface area contributed by atoms with Crippen molar-refractivity contribution in [3.8, 4) is 0 Å². The Hall–Kier alpha value is -4.27. The molecule has 0 spiro atoms. The second kappa shape index (κ2) is 12.9. The molecular formula is C32H29ClFN3O3S. The van der Waals surface area contributed by atoms with Gasteiger partial charge >= 0.3 is 0 Å². The molecule has 0 unspecified atom stereocenters. The van der Waals surface area contributed by atoms with E-state index in [2.05, 4.69) is 10.2 Å².